The summed E-state index contributed by atoms with van der Waals surface area (Å²) in [5.74, 6) is -1.41. The first-order valence-corrected chi connectivity index (χ1v) is 16.4. The quantitative estimate of drug-likeness (QED) is 0.339. The third-order valence-corrected chi connectivity index (χ3v) is 9.25. The molecule has 0 unspecified atom stereocenters. The van der Waals surface area contributed by atoms with E-state index >= 15 is 0 Å². The van der Waals surface area contributed by atoms with E-state index in [-0.39, 0.29) is 42.8 Å². The van der Waals surface area contributed by atoms with Crippen LogP contribution in [0.25, 0.3) is 10.4 Å². The Kier molecular flexibility index (Phi) is 10.3. The molecule has 2 heterocycles. The molecule has 1 aliphatic carbocycles. The molecular weight excluding hydrogens is 594 g/mol. The molecule has 0 bridgehead atoms. The normalized spacial score (nSPS) is 23.0. The van der Waals surface area contributed by atoms with Crippen LogP contribution in [0.1, 0.15) is 85.0 Å². The molecule has 45 heavy (non-hydrogen) atoms. The van der Waals surface area contributed by atoms with Gasteiger partial charge in [-0.1, -0.05) is 45.0 Å². The summed E-state index contributed by atoms with van der Waals surface area (Å²) in [5, 5.41) is 19.2. The van der Waals surface area contributed by atoms with Crippen molar-refractivity contribution in [2.75, 3.05) is 6.54 Å². The van der Waals surface area contributed by atoms with Crippen LogP contribution in [0, 0.1) is 18.3 Å². The number of rotatable bonds is 8. The van der Waals surface area contributed by atoms with E-state index in [1.165, 1.54) is 4.90 Å². The molecule has 2 aliphatic rings. The van der Waals surface area contributed by atoms with Crippen LogP contribution in [0.3, 0.4) is 0 Å². The molecule has 4 amide bonds. The van der Waals surface area contributed by atoms with Gasteiger partial charge in [0.15, 0.2) is 0 Å². The Morgan fingerprint density at radius 1 is 1.00 bits per heavy atom. The minimum atomic E-state index is -0.913. The van der Waals surface area contributed by atoms with Crippen molar-refractivity contribution in [1.82, 2.24) is 25.8 Å². The van der Waals surface area contributed by atoms with Gasteiger partial charge in [0.05, 0.1) is 28.2 Å². The molecule has 0 radical (unpaired) electrons. The van der Waals surface area contributed by atoms with Gasteiger partial charge in [-0.25, -0.2) is 9.78 Å². The molecule has 246 valence electrons. The number of likely N-dealkylation sites (tertiary alicyclic amines) is 1. The van der Waals surface area contributed by atoms with Crippen LogP contribution in [0.2, 0.25) is 0 Å². The van der Waals surface area contributed by atoms with Crippen molar-refractivity contribution in [2.24, 2.45) is 11.3 Å². The fourth-order valence-electron chi connectivity index (χ4n) is 5.70. The topological polar surface area (TPSA) is 150 Å². The molecule has 11 nitrogen and oxygen atoms in total. The number of aryl methyl sites for hydroxylation is 1. The van der Waals surface area contributed by atoms with Gasteiger partial charge >= 0.3 is 6.09 Å². The number of aliphatic hydroxyl groups excluding tert-OH is 1. The first-order chi connectivity index (χ1) is 20.9. The Balaban J connectivity index is 1.37. The van der Waals surface area contributed by atoms with Crippen LogP contribution in [-0.4, -0.2) is 75.2 Å². The van der Waals surface area contributed by atoms with E-state index in [9.17, 15) is 24.3 Å². The van der Waals surface area contributed by atoms with Crippen LogP contribution in [0.5, 0.6) is 0 Å². The maximum Gasteiger partial charge on any atom is 0.407 e. The molecule has 1 aliphatic heterocycles. The van der Waals surface area contributed by atoms with Gasteiger partial charge < -0.3 is 30.7 Å². The van der Waals surface area contributed by atoms with E-state index in [0.717, 1.165) is 21.7 Å². The molecule has 4 rings (SSSR count). The van der Waals surface area contributed by atoms with Crippen LogP contribution in [0.15, 0.2) is 29.8 Å². The number of thiazole rings is 1. The largest absolute Gasteiger partial charge is 0.444 e. The first kappa shape index (κ1) is 34.4. The molecule has 1 saturated heterocycles. The fourth-order valence-corrected chi connectivity index (χ4v) is 6.51. The third kappa shape index (κ3) is 8.61. The van der Waals surface area contributed by atoms with E-state index in [1.807, 2.05) is 64.4 Å². The Bertz CT molecular complexity index is 1390. The van der Waals surface area contributed by atoms with E-state index < -0.39 is 41.2 Å². The average molecular weight is 642 g/mol. The van der Waals surface area contributed by atoms with Gasteiger partial charge in [0.1, 0.15) is 17.7 Å². The molecule has 2 fully saturated rings. The Morgan fingerprint density at radius 3 is 2.20 bits per heavy atom. The molecule has 12 heteroatoms. The molecule has 4 N–H and O–H groups in total. The van der Waals surface area contributed by atoms with Crippen LogP contribution in [0.4, 0.5) is 4.79 Å². The number of aromatic nitrogens is 1. The van der Waals surface area contributed by atoms with Gasteiger partial charge in [0.2, 0.25) is 17.7 Å². The van der Waals surface area contributed by atoms with Gasteiger partial charge in [0.25, 0.3) is 0 Å². The third-order valence-electron chi connectivity index (χ3n) is 8.27. The monoisotopic (exact) mass is 641 g/mol. The van der Waals surface area contributed by atoms with Crippen molar-refractivity contribution in [3.8, 4) is 10.4 Å². The number of nitrogens with zero attached hydrogens (tertiary/aromatic N) is 2. The van der Waals surface area contributed by atoms with E-state index in [1.54, 1.807) is 32.1 Å². The van der Waals surface area contributed by atoms with Crippen LogP contribution >= 0.6 is 11.3 Å². The predicted octanol–water partition coefficient (Wildman–Crippen LogP) is 4.09. The van der Waals surface area contributed by atoms with Gasteiger partial charge in [-0.3, -0.25) is 14.4 Å². The second kappa shape index (κ2) is 13.5. The lowest BCUT2D eigenvalue weighted by atomic mass is 9.78. The van der Waals surface area contributed by atoms with Crippen molar-refractivity contribution in [3.63, 3.8) is 0 Å². The number of β-amino-alcohol motifs (C(OH)–C–C–N with tert-alkyl or cyclic N) is 1. The molecule has 1 aromatic carbocycles. The van der Waals surface area contributed by atoms with Gasteiger partial charge in [-0.15, -0.1) is 11.3 Å². The number of ether oxygens (including phenoxy) is 1. The smallest absolute Gasteiger partial charge is 0.407 e. The lowest BCUT2D eigenvalue weighted by Gasteiger charge is -2.39. The maximum absolute atomic E-state index is 13.9. The minimum absolute atomic E-state index is 0.00194. The number of aliphatic hydroxyl groups is 1. The number of amides is 4. The summed E-state index contributed by atoms with van der Waals surface area (Å²) < 4.78 is 5.29. The number of carbonyl (C=O) groups is 4. The Labute approximate surface area is 269 Å². The van der Waals surface area contributed by atoms with Crippen LogP contribution in [-0.2, 0) is 19.1 Å². The summed E-state index contributed by atoms with van der Waals surface area (Å²) in [4.78, 5) is 59.5. The number of benzene rings is 1. The lowest BCUT2D eigenvalue weighted by molar-refractivity contribution is -0.145. The molecule has 1 saturated carbocycles. The average Bonchev–Trinajstić information content (AvgIpc) is 3.52. The van der Waals surface area contributed by atoms with E-state index in [4.69, 9.17) is 4.74 Å². The number of hydrogen-bond acceptors (Lipinski definition) is 8. The van der Waals surface area contributed by atoms with Crippen LogP contribution < -0.4 is 16.0 Å². The van der Waals surface area contributed by atoms with Crippen molar-refractivity contribution < 1.29 is 29.0 Å². The number of alkyl carbamates (subject to hydrolysis) is 1. The highest BCUT2D eigenvalue weighted by atomic mass is 32.1. The maximum atomic E-state index is 13.9. The second-order valence-corrected chi connectivity index (χ2v) is 15.2. The van der Waals surface area contributed by atoms with Crippen molar-refractivity contribution in [2.45, 2.75) is 111 Å². The molecule has 1 aromatic heterocycles. The highest BCUT2D eigenvalue weighted by Crippen LogP contribution is 2.32. The summed E-state index contributed by atoms with van der Waals surface area (Å²) in [6.07, 6.45) is -0.398. The first-order valence-electron chi connectivity index (χ1n) is 15.5. The van der Waals surface area contributed by atoms with Gasteiger partial charge in [0, 0.05) is 24.9 Å². The Hall–Kier alpha value is -3.51. The zero-order valence-corrected chi connectivity index (χ0v) is 28.3. The van der Waals surface area contributed by atoms with E-state index in [2.05, 4.69) is 20.9 Å². The zero-order chi connectivity index (χ0) is 33.3. The molecular formula is C33H47N5O6S. The predicted molar refractivity (Wildman–Crippen MR) is 172 cm³/mol. The number of hydrogen-bond donors (Lipinski definition) is 4. The molecule has 2 aromatic rings. The highest BCUT2D eigenvalue weighted by Gasteiger charge is 2.46. The van der Waals surface area contributed by atoms with Gasteiger partial charge in [-0.05, 0) is 64.0 Å². The molecule has 4 atom stereocenters. The summed E-state index contributed by atoms with van der Waals surface area (Å²) in [6, 6.07) is 5.63. The standard InChI is InChI=1S/C33H47N5O6S/c1-18(20-9-11-21(12-10-20)26-19(2)34-17-45-26)35-29(41)25-15-24(39)16-38(25)30(42)27(32(3,4)5)37-28(40)22-13-23(14-22)36-31(43)44-33(6,7)8/h9-12,17-18,22-25,27,39H,13-16H2,1-8H3,(H,35,41)(H,36,43)(H,37,40)/t18-,22-,23+,24+,25-,27+/m0/s1. The SMILES string of the molecule is Cc1ncsc1-c1ccc([C@H](C)NC(=O)[C@@H]2C[C@@H](O)CN2C(=O)[C@@H](NC(=O)[C@H]2C[C@@H](NC(=O)OC(C)(C)C)C2)C(C)(C)C)cc1. The number of carbonyl (C=O) groups excluding carboxylic acids is 4. The summed E-state index contributed by atoms with van der Waals surface area (Å²) in [7, 11) is 0. The number of nitrogens with one attached hydrogen (secondary N) is 3. The van der Waals surface area contributed by atoms with Crippen molar-refractivity contribution >= 4 is 35.2 Å². The van der Waals surface area contributed by atoms with Crippen molar-refractivity contribution in [3.05, 3.63) is 41.0 Å². The van der Waals surface area contributed by atoms with Crippen molar-refractivity contribution in [1.29, 1.82) is 0 Å². The summed E-state index contributed by atoms with van der Waals surface area (Å²) in [5.41, 5.74) is 3.47. The Morgan fingerprint density at radius 2 is 1.64 bits per heavy atom. The van der Waals surface area contributed by atoms with Gasteiger partial charge in [-0.2, -0.15) is 0 Å². The summed E-state index contributed by atoms with van der Waals surface area (Å²) >= 11 is 1.58. The zero-order valence-electron chi connectivity index (χ0n) is 27.5. The lowest BCUT2D eigenvalue weighted by Crippen LogP contribution is -2.60. The van der Waals surface area contributed by atoms with E-state index in [0.29, 0.717) is 12.8 Å². The molecule has 0 spiro atoms. The fraction of sp³-hybridized carbons (Fsp3) is 0.606. The highest BCUT2D eigenvalue weighted by molar-refractivity contribution is 7.13. The second-order valence-electron chi connectivity index (χ2n) is 14.3. The minimum Gasteiger partial charge on any atom is -0.444 e. The summed E-state index contributed by atoms with van der Waals surface area (Å²) in [6.45, 7) is 14.8.